The molecule has 6 nitrogen and oxygen atoms in total. The molecule has 0 spiro atoms. The molecule has 0 fully saturated rings. The van der Waals surface area contributed by atoms with Crippen LogP contribution in [0.15, 0.2) is 30.3 Å². The Morgan fingerprint density at radius 2 is 1.76 bits per heavy atom. The Labute approximate surface area is 125 Å². The van der Waals surface area contributed by atoms with Crippen molar-refractivity contribution < 1.29 is 9.59 Å². The van der Waals surface area contributed by atoms with E-state index in [0.29, 0.717) is 12.2 Å². The van der Waals surface area contributed by atoms with E-state index in [0.717, 1.165) is 13.0 Å². The number of benzene rings is 1. The van der Waals surface area contributed by atoms with Crippen LogP contribution in [0.5, 0.6) is 0 Å². The van der Waals surface area contributed by atoms with E-state index in [2.05, 4.69) is 21.3 Å². The molecule has 116 valence electrons. The summed E-state index contributed by atoms with van der Waals surface area (Å²) in [5.74, 6) is -0.207. The van der Waals surface area contributed by atoms with Crippen molar-refractivity contribution in [3.05, 3.63) is 30.3 Å². The summed E-state index contributed by atoms with van der Waals surface area (Å²) in [6.45, 7) is 4.75. The maximum Gasteiger partial charge on any atom is 0.320 e. The normalized spacial score (nSPS) is 10.8. The first-order valence-electron chi connectivity index (χ1n) is 7.03. The van der Waals surface area contributed by atoms with E-state index in [1.807, 2.05) is 25.2 Å². The van der Waals surface area contributed by atoms with Gasteiger partial charge in [0.25, 0.3) is 0 Å². The highest BCUT2D eigenvalue weighted by atomic mass is 16.2. The molecule has 0 aromatic heterocycles. The molecular weight excluding hydrogens is 268 g/mol. The molecule has 0 radical (unpaired) electrons. The first-order valence-corrected chi connectivity index (χ1v) is 7.03. The standard InChI is InChI=1S/C15H24N4O2/c1-15(2,13(20)17-11-7-10-16-3)19-14(21)18-12-8-5-4-6-9-12/h4-6,8-9,16H,7,10-11H2,1-3H3,(H,17,20)(H2,18,19,21). The molecule has 21 heavy (non-hydrogen) atoms. The van der Waals surface area contributed by atoms with Crippen LogP contribution in [0.25, 0.3) is 0 Å². The van der Waals surface area contributed by atoms with E-state index in [9.17, 15) is 9.59 Å². The average Bonchev–Trinajstić information content (AvgIpc) is 2.43. The molecule has 0 aliphatic heterocycles. The predicted molar refractivity (Wildman–Crippen MR) is 84.2 cm³/mol. The number of hydrogen-bond acceptors (Lipinski definition) is 3. The zero-order valence-electron chi connectivity index (χ0n) is 12.8. The van der Waals surface area contributed by atoms with Gasteiger partial charge in [-0.3, -0.25) is 4.79 Å². The largest absolute Gasteiger partial charge is 0.354 e. The number of carbonyl (C=O) groups excluding carboxylic acids is 2. The van der Waals surface area contributed by atoms with Crippen molar-refractivity contribution in [2.24, 2.45) is 0 Å². The lowest BCUT2D eigenvalue weighted by atomic mass is 10.1. The highest BCUT2D eigenvalue weighted by Gasteiger charge is 2.29. The van der Waals surface area contributed by atoms with E-state index in [1.165, 1.54) is 0 Å². The number of anilines is 1. The van der Waals surface area contributed by atoms with Crippen molar-refractivity contribution in [3.8, 4) is 0 Å². The molecule has 0 saturated heterocycles. The Morgan fingerprint density at radius 1 is 1.10 bits per heavy atom. The lowest BCUT2D eigenvalue weighted by Crippen LogP contribution is -2.56. The monoisotopic (exact) mass is 292 g/mol. The summed E-state index contributed by atoms with van der Waals surface area (Å²) in [6, 6.07) is 8.68. The van der Waals surface area contributed by atoms with Crippen LogP contribution in [0.3, 0.4) is 0 Å². The highest BCUT2D eigenvalue weighted by Crippen LogP contribution is 2.07. The average molecular weight is 292 g/mol. The summed E-state index contributed by atoms with van der Waals surface area (Å²) in [6.07, 6.45) is 0.842. The molecule has 1 aromatic rings. The van der Waals surface area contributed by atoms with Gasteiger partial charge < -0.3 is 21.3 Å². The van der Waals surface area contributed by atoms with E-state index in [4.69, 9.17) is 0 Å². The summed E-state index contributed by atoms with van der Waals surface area (Å²) in [4.78, 5) is 23.9. The van der Waals surface area contributed by atoms with Gasteiger partial charge in [-0.1, -0.05) is 18.2 Å². The molecule has 0 aliphatic carbocycles. The van der Waals surface area contributed by atoms with Crippen molar-refractivity contribution in [3.63, 3.8) is 0 Å². The third-order valence-corrected chi connectivity index (χ3v) is 2.91. The van der Waals surface area contributed by atoms with Gasteiger partial charge in [-0.15, -0.1) is 0 Å². The number of para-hydroxylation sites is 1. The summed E-state index contributed by atoms with van der Waals surface area (Å²) >= 11 is 0. The molecular formula is C15H24N4O2. The summed E-state index contributed by atoms with van der Waals surface area (Å²) in [5, 5.41) is 11.2. The number of hydrogen-bond donors (Lipinski definition) is 4. The van der Waals surface area contributed by atoms with Crippen LogP contribution in [-0.4, -0.2) is 37.6 Å². The fourth-order valence-electron chi connectivity index (χ4n) is 1.71. The lowest BCUT2D eigenvalue weighted by molar-refractivity contribution is -0.126. The van der Waals surface area contributed by atoms with Gasteiger partial charge in [0.15, 0.2) is 0 Å². The van der Waals surface area contributed by atoms with Crippen LogP contribution in [0, 0.1) is 0 Å². The van der Waals surface area contributed by atoms with E-state index < -0.39 is 11.6 Å². The van der Waals surface area contributed by atoms with Crippen LogP contribution in [-0.2, 0) is 4.79 Å². The summed E-state index contributed by atoms with van der Waals surface area (Å²) in [5.41, 5.74) is -0.293. The maximum absolute atomic E-state index is 12.0. The zero-order valence-corrected chi connectivity index (χ0v) is 12.8. The summed E-state index contributed by atoms with van der Waals surface area (Å²) in [7, 11) is 1.86. The molecule has 0 bridgehead atoms. The van der Waals surface area contributed by atoms with Gasteiger partial charge in [0.05, 0.1) is 0 Å². The topological polar surface area (TPSA) is 82.3 Å². The number of nitrogens with one attached hydrogen (secondary N) is 4. The second-order valence-corrected chi connectivity index (χ2v) is 5.28. The van der Waals surface area contributed by atoms with Crippen LogP contribution < -0.4 is 21.3 Å². The van der Waals surface area contributed by atoms with Crippen LogP contribution in [0.4, 0.5) is 10.5 Å². The van der Waals surface area contributed by atoms with Crippen LogP contribution in [0.1, 0.15) is 20.3 Å². The molecule has 0 aliphatic rings. The second kappa shape index (κ2) is 8.26. The molecule has 4 N–H and O–H groups in total. The van der Waals surface area contributed by atoms with Gasteiger partial charge in [-0.25, -0.2) is 4.79 Å². The van der Waals surface area contributed by atoms with Gasteiger partial charge >= 0.3 is 6.03 Å². The van der Waals surface area contributed by atoms with Crippen LogP contribution in [0.2, 0.25) is 0 Å². The molecule has 3 amide bonds. The van der Waals surface area contributed by atoms with E-state index >= 15 is 0 Å². The first kappa shape index (κ1) is 17.0. The Hall–Kier alpha value is -2.08. The zero-order chi connectivity index (χ0) is 15.7. The third kappa shape index (κ3) is 6.27. The fourth-order valence-corrected chi connectivity index (χ4v) is 1.71. The van der Waals surface area contributed by atoms with Crippen molar-refractivity contribution in [1.29, 1.82) is 0 Å². The van der Waals surface area contributed by atoms with Gasteiger partial charge in [-0.2, -0.15) is 0 Å². The molecule has 0 unspecified atom stereocenters. The van der Waals surface area contributed by atoms with Crippen molar-refractivity contribution in [2.45, 2.75) is 25.8 Å². The van der Waals surface area contributed by atoms with Crippen molar-refractivity contribution in [1.82, 2.24) is 16.0 Å². The fraction of sp³-hybridized carbons (Fsp3) is 0.467. The van der Waals surface area contributed by atoms with Gasteiger partial charge in [-0.05, 0) is 46.0 Å². The maximum atomic E-state index is 12.0. The van der Waals surface area contributed by atoms with E-state index in [1.54, 1.807) is 26.0 Å². The lowest BCUT2D eigenvalue weighted by Gasteiger charge is -2.25. The predicted octanol–water partition coefficient (Wildman–Crippen LogP) is 1.31. The Balaban J connectivity index is 2.43. The minimum Gasteiger partial charge on any atom is -0.354 e. The third-order valence-electron chi connectivity index (χ3n) is 2.91. The van der Waals surface area contributed by atoms with Crippen molar-refractivity contribution in [2.75, 3.05) is 25.5 Å². The number of amides is 3. The minimum absolute atomic E-state index is 0.207. The van der Waals surface area contributed by atoms with Gasteiger partial charge in [0.1, 0.15) is 5.54 Å². The quantitative estimate of drug-likeness (QED) is 0.572. The molecule has 1 rings (SSSR count). The Morgan fingerprint density at radius 3 is 2.38 bits per heavy atom. The SMILES string of the molecule is CNCCCNC(=O)C(C)(C)NC(=O)Nc1ccccc1. The molecule has 0 heterocycles. The van der Waals surface area contributed by atoms with E-state index in [-0.39, 0.29) is 5.91 Å². The smallest absolute Gasteiger partial charge is 0.320 e. The van der Waals surface area contributed by atoms with Gasteiger partial charge in [0.2, 0.25) is 5.91 Å². The molecule has 6 heteroatoms. The van der Waals surface area contributed by atoms with Gasteiger partial charge in [0, 0.05) is 12.2 Å². The summed E-state index contributed by atoms with van der Waals surface area (Å²) < 4.78 is 0. The Bertz CT molecular complexity index is 460. The van der Waals surface area contributed by atoms with Crippen LogP contribution >= 0.6 is 0 Å². The molecule has 0 atom stereocenters. The highest BCUT2D eigenvalue weighted by molar-refractivity contribution is 5.95. The van der Waals surface area contributed by atoms with Crippen molar-refractivity contribution >= 4 is 17.6 Å². The minimum atomic E-state index is -0.974. The molecule has 1 aromatic carbocycles. The first-order chi connectivity index (χ1) is 9.95. The second-order valence-electron chi connectivity index (χ2n) is 5.28. The number of urea groups is 1. The Kier molecular flexibility index (Phi) is 6.68. The number of carbonyl (C=O) groups is 2. The number of rotatable bonds is 7. The molecule has 0 saturated carbocycles.